The van der Waals surface area contributed by atoms with Crippen molar-refractivity contribution in [3.8, 4) is 5.75 Å². The molecule has 0 aliphatic rings. The molecule has 2 aromatic carbocycles. The minimum atomic E-state index is -0.355. The van der Waals surface area contributed by atoms with Gasteiger partial charge in [0.15, 0.2) is 0 Å². The van der Waals surface area contributed by atoms with Crippen molar-refractivity contribution >= 4 is 17.9 Å². The third kappa shape index (κ3) is 6.60. The minimum Gasteiger partial charge on any atom is -0.497 e. The Kier molecular flexibility index (Phi) is 8.06. The largest absolute Gasteiger partial charge is 0.497 e. The van der Waals surface area contributed by atoms with Gasteiger partial charge in [0.2, 0.25) is 0 Å². The van der Waals surface area contributed by atoms with Crippen LogP contribution in [0.25, 0.3) is 6.08 Å². The number of amides is 2. The molecule has 0 bridgehead atoms. The molecule has 27 heavy (non-hydrogen) atoms. The Morgan fingerprint density at radius 2 is 1.70 bits per heavy atom. The highest BCUT2D eigenvalue weighted by Gasteiger charge is 2.14. The van der Waals surface area contributed by atoms with Crippen LogP contribution in [0, 0.1) is 0 Å². The number of benzene rings is 2. The Bertz CT molecular complexity index is 771. The number of nitrogens with one attached hydrogen (secondary N) is 2. The molecule has 0 spiro atoms. The summed E-state index contributed by atoms with van der Waals surface area (Å²) in [7, 11) is 3.20. The molecule has 0 saturated heterocycles. The molecule has 0 heterocycles. The van der Waals surface area contributed by atoms with Gasteiger partial charge in [-0.05, 0) is 42.3 Å². The maximum atomic E-state index is 12.5. The van der Waals surface area contributed by atoms with Crippen LogP contribution < -0.4 is 15.4 Å². The van der Waals surface area contributed by atoms with Crippen LogP contribution in [0.15, 0.2) is 60.3 Å². The van der Waals surface area contributed by atoms with Gasteiger partial charge in [-0.25, -0.2) is 0 Å². The SMILES string of the molecule is COCCCNC(=O)/C(=C\c1ccc(OC)cc1)NC(=O)c1ccccc1. The fraction of sp³-hybridized carbons (Fsp3) is 0.238. The van der Waals surface area contributed by atoms with Crippen LogP contribution in [0.5, 0.6) is 5.75 Å². The number of hydrogen-bond acceptors (Lipinski definition) is 4. The molecule has 2 aromatic rings. The van der Waals surface area contributed by atoms with E-state index in [1.54, 1.807) is 56.7 Å². The number of carbonyl (C=O) groups is 2. The lowest BCUT2D eigenvalue weighted by molar-refractivity contribution is -0.117. The van der Waals surface area contributed by atoms with Gasteiger partial charge in [0, 0.05) is 25.8 Å². The van der Waals surface area contributed by atoms with Gasteiger partial charge in [-0.1, -0.05) is 30.3 Å². The van der Waals surface area contributed by atoms with E-state index in [0.717, 1.165) is 5.56 Å². The second-order valence-electron chi connectivity index (χ2n) is 5.75. The second-order valence-corrected chi connectivity index (χ2v) is 5.75. The van der Waals surface area contributed by atoms with Crippen molar-refractivity contribution in [3.05, 3.63) is 71.4 Å². The molecule has 2 amide bonds. The van der Waals surface area contributed by atoms with Crippen molar-refractivity contribution < 1.29 is 19.1 Å². The van der Waals surface area contributed by atoms with Gasteiger partial charge in [-0.2, -0.15) is 0 Å². The Hall–Kier alpha value is -3.12. The van der Waals surface area contributed by atoms with Crippen molar-refractivity contribution in [3.63, 3.8) is 0 Å². The zero-order valence-electron chi connectivity index (χ0n) is 15.5. The summed E-state index contributed by atoms with van der Waals surface area (Å²) < 4.78 is 10.1. The second kappa shape index (κ2) is 10.8. The molecule has 0 radical (unpaired) electrons. The zero-order valence-corrected chi connectivity index (χ0v) is 15.5. The first-order valence-electron chi connectivity index (χ1n) is 8.63. The van der Waals surface area contributed by atoms with Crippen molar-refractivity contribution in [2.45, 2.75) is 6.42 Å². The first kappa shape index (κ1) is 20.2. The average molecular weight is 368 g/mol. The molecule has 0 fully saturated rings. The number of hydrogen-bond donors (Lipinski definition) is 2. The summed E-state index contributed by atoms with van der Waals surface area (Å²) in [6.07, 6.45) is 2.32. The highest BCUT2D eigenvalue weighted by Crippen LogP contribution is 2.14. The van der Waals surface area contributed by atoms with Crippen molar-refractivity contribution in [2.75, 3.05) is 27.4 Å². The van der Waals surface area contributed by atoms with E-state index in [2.05, 4.69) is 10.6 Å². The first-order chi connectivity index (χ1) is 13.1. The molecule has 0 saturated carbocycles. The number of rotatable bonds is 9. The van der Waals surface area contributed by atoms with E-state index >= 15 is 0 Å². The van der Waals surface area contributed by atoms with E-state index in [1.165, 1.54) is 0 Å². The van der Waals surface area contributed by atoms with E-state index in [1.807, 2.05) is 18.2 Å². The molecule has 0 aliphatic carbocycles. The molecule has 0 aromatic heterocycles. The van der Waals surface area contributed by atoms with Crippen molar-refractivity contribution in [1.29, 1.82) is 0 Å². The smallest absolute Gasteiger partial charge is 0.267 e. The van der Waals surface area contributed by atoms with Crippen molar-refractivity contribution in [2.24, 2.45) is 0 Å². The Balaban J connectivity index is 2.17. The van der Waals surface area contributed by atoms with Gasteiger partial charge < -0.3 is 20.1 Å². The number of carbonyl (C=O) groups excluding carboxylic acids is 2. The van der Waals surface area contributed by atoms with Crippen LogP contribution in [-0.2, 0) is 9.53 Å². The maximum Gasteiger partial charge on any atom is 0.267 e. The summed E-state index contributed by atoms with van der Waals surface area (Å²) in [4.78, 5) is 25.0. The van der Waals surface area contributed by atoms with Crippen LogP contribution in [0.4, 0.5) is 0 Å². The van der Waals surface area contributed by atoms with Crippen LogP contribution >= 0.6 is 0 Å². The van der Waals surface area contributed by atoms with E-state index in [-0.39, 0.29) is 17.5 Å². The summed E-state index contributed by atoms with van der Waals surface area (Å²) in [6.45, 7) is 1.00. The Morgan fingerprint density at radius 3 is 2.33 bits per heavy atom. The summed E-state index contributed by atoms with van der Waals surface area (Å²) in [6, 6.07) is 16.0. The number of ether oxygens (including phenoxy) is 2. The van der Waals surface area contributed by atoms with Crippen LogP contribution in [0.1, 0.15) is 22.3 Å². The third-order valence-electron chi connectivity index (χ3n) is 3.77. The van der Waals surface area contributed by atoms with Crippen LogP contribution in [-0.4, -0.2) is 39.2 Å². The molecule has 6 heteroatoms. The lowest BCUT2D eigenvalue weighted by atomic mass is 10.1. The fourth-order valence-corrected chi connectivity index (χ4v) is 2.32. The van der Waals surface area contributed by atoms with E-state index in [4.69, 9.17) is 9.47 Å². The highest BCUT2D eigenvalue weighted by molar-refractivity contribution is 6.05. The predicted molar refractivity (Wildman–Crippen MR) is 104 cm³/mol. The van der Waals surface area contributed by atoms with Crippen LogP contribution in [0.3, 0.4) is 0 Å². The molecule has 6 nitrogen and oxygen atoms in total. The minimum absolute atomic E-state index is 0.173. The molecule has 0 aliphatic heterocycles. The first-order valence-corrected chi connectivity index (χ1v) is 8.63. The van der Waals surface area contributed by atoms with Gasteiger partial charge in [-0.3, -0.25) is 9.59 Å². The monoisotopic (exact) mass is 368 g/mol. The third-order valence-corrected chi connectivity index (χ3v) is 3.77. The van der Waals surface area contributed by atoms with E-state index < -0.39 is 0 Å². The summed E-state index contributed by atoms with van der Waals surface area (Å²) in [5.41, 5.74) is 1.42. The lowest BCUT2D eigenvalue weighted by Crippen LogP contribution is -2.35. The quantitative estimate of drug-likeness (QED) is 0.527. The predicted octanol–water partition coefficient (Wildman–Crippen LogP) is 2.62. The lowest BCUT2D eigenvalue weighted by Gasteiger charge is -2.11. The summed E-state index contributed by atoms with van der Waals surface area (Å²) >= 11 is 0. The molecule has 142 valence electrons. The Morgan fingerprint density at radius 1 is 1.00 bits per heavy atom. The van der Waals surface area contributed by atoms with Gasteiger partial charge in [-0.15, -0.1) is 0 Å². The normalized spacial score (nSPS) is 11.0. The van der Waals surface area contributed by atoms with Crippen molar-refractivity contribution in [1.82, 2.24) is 10.6 Å². The highest BCUT2D eigenvalue weighted by atomic mass is 16.5. The number of methoxy groups -OCH3 is 2. The molecular weight excluding hydrogens is 344 g/mol. The van der Waals surface area contributed by atoms with E-state index in [9.17, 15) is 9.59 Å². The molecule has 2 N–H and O–H groups in total. The topological polar surface area (TPSA) is 76.7 Å². The van der Waals surface area contributed by atoms with Gasteiger partial charge in [0.05, 0.1) is 7.11 Å². The molecular formula is C21H24N2O4. The maximum absolute atomic E-state index is 12.5. The Labute approximate surface area is 159 Å². The van der Waals surface area contributed by atoms with Gasteiger partial charge in [0.1, 0.15) is 11.4 Å². The average Bonchev–Trinajstić information content (AvgIpc) is 2.71. The van der Waals surface area contributed by atoms with Crippen LogP contribution in [0.2, 0.25) is 0 Å². The zero-order chi connectivity index (χ0) is 19.5. The summed E-state index contributed by atoms with van der Waals surface area (Å²) in [5, 5.41) is 5.49. The summed E-state index contributed by atoms with van der Waals surface area (Å²) in [5.74, 6) is 0.0136. The standard InChI is InChI=1S/C21H24N2O4/c1-26-14-6-13-22-21(25)19(15-16-9-11-18(27-2)12-10-16)23-20(24)17-7-4-3-5-8-17/h3-5,7-12,15H,6,13-14H2,1-2H3,(H,22,25)(H,23,24)/b19-15+. The van der Waals surface area contributed by atoms with Gasteiger partial charge >= 0.3 is 0 Å². The molecule has 0 unspecified atom stereocenters. The van der Waals surface area contributed by atoms with E-state index in [0.29, 0.717) is 30.9 Å². The molecule has 0 atom stereocenters. The fourth-order valence-electron chi connectivity index (χ4n) is 2.32. The van der Waals surface area contributed by atoms with Gasteiger partial charge in [0.25, 0.3) is 11.8 Å². The molecule has 2 rings (SSSR count).